The van der Waals surface area contributed by atoms with Crippen molar-refractivity contribution in [1.82, 2.24) is 5.32 Å². The van der Waals surface area contributed by atoms with E-state index in [1.54, 1.807) is 0 Å². The number of benzene rings is 2. The van der Waals surface area contributed by atoms with Crippen LogP contribution in [0.3, 0.4) is 0 Å². The van der Waals surface area contributed by atoms with Crippen LogP contribution in [0.15, 0.2) is 61.2 Å². The van der Waals surface area contributed by atoms with E-state index in [1.807, 2.05) is 36.4 Å². The molecular weight excluding hydrogens is 254 g/mol. The van der Waals surface area contributed by atoms with Crippen LogP contribution in [0.2, 0.25) is 5.02 Å². The lowest BCUT2D eigenvalue weighted by Gasteiger charge is -2.16. The van der Waals surface area contributed by atoms with E-state index in [0.717, 1.165) is 17.1 Å². The zero-order valence-corrected chi connectivity index (χ0v) is 11.8. The highest BCUT2D eigenvalue weighted by molar-refractivity contribution is 6.30. The second-order valence-corrected chi connectivity index (χ2v) is 5.06. The molecule has 2 aromatic rings. The minimum Gasteiger partial charge on any atom is -0.306 e. The Kier molecular flexibility index (Phi) is 4.78. The van der Waals surface area contributed by atoms with Gasteiger partial charge in [0.15, 0.2) is 0 Å². The maximum atomic E-state index is 6.00. The molecule has 0 amide bonds. The Hall–Kier alpha value is -1.57. The third-order valence-electron chi connectivity index (χ3n) is 3.15. The van der Waals surface area contributed by atoms with E-state index in [1.165, 1.54) is 11.1 Å². The van der Waals surface area contributed by atoms with E-state index >= 15 is 0 Å². The topological polar surface area (TPSA) is 12.0 Å². The average molecular weight is 272 g/mol. The van der Waals surface area contributed by atoms with Gasteiger partial charge in [0.2, 0.25) is 0 Å². The molecule has 1 nitrogen and oxygen atoms in total. The number of rotatable bonds is 5. The fraction of sp³-hybridized carbons (Fsp3) is 0.176. The summed E-state index contributed by atoms with van der Waals surface area (Å²) in [7, 11) is 0. The summed E-state index contributed by atoms with van der Waals surface area (Å²) in [6.45, 7) is 7.01. The molecular formula is C17H18ClN. The smallest absolute Gasteiger partial charge is 0.0409 e. The molecule has 0 aliphatic heterocycles. The SMILES string of the molecule is C=C(CN[C@@H](C)c1cccc(Cl)c1)c1ccccc1. The van der Waals surface area contributed by atoms with Gasteiger partial charge in [0.25, 0.3) is 0 Å². The van der Waals surface area contributed by atoms with Gasteiger partial charge in [-0.1, -0.05) is 60.6 Å². The molecule has 0 saturated heterocycles. The van der Waals surface area contributed by atoms with Gasteiger partial charge >= 0.3 is 0 Å². The minimum absolute atomic E-state index is 0.249. The summed E-state index contributed by atoms with van der Waals surface area (Å²) in [4.78, 5) is 0. The first-order valence-corrected chi connectivity index (χ1v) is 6.76. The number of hydrogen-bond donors (Lipinski definition) is 1. The second kappa shape index (κ2) is 6.55. The van der Waals surface area contributed by atoms with Gasteiger partial charge in [-0.15, -0.1) is 0 Å². The maximum absolute atomic E-state index is 6.00. The summed E-state index contributed by atoms with van der Waals surface area (Å²) >= 11 is 6.00. The molecule has 2 heteroatoms. The van der Waals surface area contributed by atoms with Crippen molar-refractivity contribution in [3.8, 4) is 0 Å². The van der Waals surface area contributed by atoms with Crippen LogP contribution in [0.1, 0.15) is 24.1 Å². The Morgan fingerprint density at radius 2 is 1.89 bits per heavy atom. The molecule has 0 aliphatic rings. The van der Waals surface area contributed by atoms with Crippen LogP contribution < -0.4 is 5.32 Å². The summed E-state index contributed by atoms with van der Waals surface area (Å²) in [5.41, 5.74) is 3.45. The third-order valence-corrected chi connectivity index (χ3v) is 3.39. The molecule has 1 atom stereocenters. The Balaban J connectivity index is 1.94. The van der Waals surface area contributed by atoms with Crippen LogP contribution in [0.25, 0.3) is 5.57 Å². The molecule has 2 rings (SSSR count). The Labute approximate surface area is 119 Å². The first-order chi connectivity index (χ1) is 9.16. The first-order valence-electron chi connectivity index (χ1n) is 6.39. The molecule has 19 heavy (non-hydrogen) atoms. The van der Waals surface area contributed by atoms with Crippen LogP contribution >= 0.6 is 11.6 Å². The van der Waals surface area contributed by atoms with Gasteiger partial charge in [0.05, 0.1) is 0 Å². The van der Waals surface area contributed by atoms with E-state index < -0.39 is 0 Å². The van der Waals surface area contributed by atoms with Gasteiger partial charge in [0, 0.05) is 17.6 Å². The molecule has 0 radical (unpaired) electrons. The number of halogens is 1. The van der Waals surface area contributed by atoms with Crippen LogP contribution in [0.4, 0.5) is 0 Å². The fourth-order valence-corrected chi connectivity index (χ4v) is 2.14. The summed E-state index contributed by atoms with van der Waals surface area (Å²) in [6.07, 6.45) is 0. The molecule has 0 heterocycles. The fourth-order valence-electron chi connectivity index (χ4n) is 1.95. The van der Waals surface area contributed by atoms with E-state index in [9.17, 15) is 0 Å². The van der Waals surface area contributed by atoms with Gasteiger partial charge in [-0.05, 0) is 35.8 Å². The van der Waals surface area contributed by atoms with Crippen molar-refractivity contribution in [3.63, 3.8) is 0 Å². The predicted molar refractivity (Wildman–Crippen MR) is 83.3 cm³/mol. The quantitative estimate of drug-likeness (QED) is 0.831. The van der Waals surface area contributed by atoms with Crippen LogP contribution in [-0.2, 0) is 0 Å². The van der Waals surface area contributed by atoms with Crippen LogP contribution in [-0.4, -0.2) is 6.54 Å². The zero-order valence-electron chi connectivity index (χ0n) is 11.1. The van der Waals surface area contributed by atoms with Crippen LogP contribution in [0, 0.1) is 0 Å². The summed E-state index contributed by atoms with van der Waals surface area (Å²) < 4.78 is 0. The minimum atomic E-state index is 0.249. The van der Waals surface area contributed by atoms with E-state index in [4.69, 9.17) is 11.6 Å². The van der Waals surface area contributed by atoms with Crippen molar-refractivity contribution in [2.75, 3.05) is 6.54 Å². The predicted octanol–water partition coefficient (Wildman–Crippen LogP) is 4.70. The molecule has 1 N–H and O–H groups in total. The van der Waals surface area contributed by atoms with Gasteiger partial charge in [-0.2, -0.15) is 0 Å². The molecule has 0 bridgehead atoms. The number of hydrogen-bond acceptors (Lipinski definition) is 1. The van der Waals surface area contributed by atoms with Crippen molar-refractivity contribution in [2.45, 2.75) is 13.0 Å². The van der Waals surface area contributed by atoms with Crippen molar-refractivity contribution in [3.05, 3.63) is 77.3 Å². The van der Waals surface area contributed by atoms with Gasteiger partial charge in [0.1, 0.15) is 0 Å². The van der Waals surface area contributed by atoms with E-state index in [2.05, 4.69) is 37.0 Å². The average Bonchev–Trinajstić information content (AvgIpc) is 2.45. The highest BCUT2D eigenvalue weighted by Crippen LogP contribution is 2.18. The standard InChI is InChI=1S/C17H18ClN/c1-13(15-7-4-3-5-8-15)12-19-14(2)16-9-6-10-17(18)11-16/h3-11,14,19H,1,12H2,2H3/t14-/m0/s1. The molecule has 0 spiro atoms. The van der Waals surface area contributed by atoms with E-state index in [-0.39, 0.29) is 6.04 Å². The second-order valence-electron chi connectivity index (χ2n) is 4.63. The van der Waals surface area contributed by atoms with Crippen molar-refractivity contribution < 1.29 is 0 Å². The lowest BCUT2D eigenvalue weighted by atomic mass is 10.1. The summed E-state index contributed by atoms with van der Waals surface area (Å²) in [5, 5.41) is 4.24. The Morgan fingerprint density at radius 1 is 1.16 bits per heavy atom. The largest absolute Gasteiger partial charge is 0.306 e. The van der Waals surface area contributed by atoms with Gasteiger partial charge < -0.3 is 5.32 Å². The molecule has 2 aromatic carbocycles. The van der Waals surface area contributed by atoms with Crippen molar-refractivity contribution in [1.29, 1.82) is 0 Å². The summed E-state index contributed by atoms with van der Waals surface area (Å²) in [5.74, 6) is 0. The lowest BCUT2D eigenvalue weighted by Crippen LogP contribution is -2.20. The van der Waals surface area contributed by atoms with Gasteiger partial charge in [-0.25, -0.2) is 0 Å². The monoisotopic (exact) mass is 271 g/mol. The zero-order chi connectivity index (χ0) is 13.7. The Morgan fingerprint density at radius 3 is 2.58 bits per heavy atom. The van der Waals surface area contributed by atoms with E-state index in [0.29, 0.717) is 0 Å². The molecule has 98 valence electrons. The number of nitrogens with one attached hydrogen (secondary N) is 1. The summed E-state index contributed by atoms with van der Waals surface area (Å²) in [6, 6.07) is 18.4. The van der Waals surface area contributed by atoms with Crippen LogP contribution in [0.5, 0.6) is 0 Å². The normalized spacial score (nSPS) is 12.1. The molecule has 0 saturated carbocycles. The highest BCUT2D eigenvalue weighted by atomic mass is 35.5. The lowest BCUT2D eigenvalue weighted by molar-refractivity contribution is 0.622. The molecule has 0 aromatic heterocycles. The van der Waals surface area contributed by atoms with Gasteiger partial charge in [-0.3, -0.25) is 0 Å². The third kappa shape index (κ3) is 3.95. The maximum Gasteiger partial charge on any atom is 0.0409 e. The Bertz CT molecular complexity index is 548. The molecule has 0 unspecified atom stereocenters. The first kappa shape index (κ1) is 13.9. The molecule has 0 aliphatic carbocycles. The molecule has 0 fully saturated rings. The highest BCUT2D eigenvalue weighted by Gasteiger charge is 2.06. The van der Waals surface area contributed by atoms with Crippen molar-refractivity contribution >= 4 is 17.2 Å². The van der Waals surface area contributed by atoms with Crippen molar-refractivity contribution in [2.24, 2.45) is 0 Å².